The Balaban J connectivity index is 2.74. The van der Waals surface area contributed by atoms with Crippen LogP contribution < -0.4 is 17.2 Å². The summed E-state index contributed by atoms with van der Waals surface area (Å²) >= 11 is 0. The molecule has 126 valence electrons. The largest absolute Gasteiger partial charge is 0.505 e. The van der Waals surface area contributed by atoms with E-state index in [4.69, 9.17) is 22.6 Å². The van der Waals surface area contributed by atoms with Crippen molar-refractivity contribution in [2.24, 2.45) is 26.7 Å². The molecule has 0 aliphatic carbocycles. The van der Waals surface area contributed by atoms with Gasteiger partial charge in [0.15, 0.2) is 11.7 Å². The van der Waals surface area contributed by atoms with Crippen LogP contribution in [-0.2, 0) is 10.1 Å². The van der Waals surface area contributed by atoms with Crippen molar-refractivity contribution in [1.29, 1.82) is 5.41 Å². The van der Waals surface area contributed by atoms with Crippen LogP contribution in [0, 0.1) is 5.41 Å². The molecule has 2 aromatic rings. The minimum absolute atomic E-state index is 0.185. The van der Waals surface area contributed by atoms with Gasteiger partial charge in [0.25, 0.3) is 16.1 Å². The van der Waals surface area contributed by atoms with Gasteiger partial charge in [0.2, 0.25) is 0 Å². The van der Waals surface area contributed by atoms with Gasteiger partial charge in [-0.05, 0) is 23.6 Å². The van der Waals surface area contributed by atoms with Crippen molar-refractivity contribution in [2.75, 3.05) is 5.73 Å². The van der Waals surface area contributed by atoms with Gasteiger partial charge < -0.3 is 22.3 Å². The van der Waals surface area contributed by atoms with E-state index in [0.29, 0.717) is 11.1 Å². The van der Waals surface area contributed by atoms with Crippen molar-refractivity contribution >= 4 is 44.2 Å². The van der Waals surface area contributed by atoms with Gasteiger partial charge in [-0.25, -0.2) is 0 Å². The lowest BCUT2D eigenvalue weighted by Crippen LogP contribution is -2.23. The topological polar surface area (TPSA) is 214 Å². The van der Waals surface area contributed by atoms with E-state index >= 15 is 0 Å². The summed E-state index contributed by atoms with van der Waals surface area (Å²) in [7, 11) is -4.73. The second-order valence-electron chi connectivity index (χ2n) is 4.59. The van der Waals surface area contributed by atoms with Gasteiger partial charge in [0.05, 0.1) is 0 Å². The number of aromatic hydroxyl groups is 1. The van der Waals surface area contributed by atoms with Gasteiger partial charge in [-0.2, -0.15) is 13.4 Å². The van der Waals surface area contributed by atoms with E-state index in [-0.39, 0.29) is 5.39 Å². The molecule has 0 aliphatic heterocycles. The number of benzene rings is 2. The van der Waals surface area contributed by atoms with Crippen LogP contribution in [0.3, 0.4) is 0 Å². The van der Waals surface area contributed by atoms with Crippen molar-refractivity contribution in [3.63, 3.8) is 0 Å². The Morgan fingerprint density at radius 1 is 1.21 bits per heavy atom. The highest BCUT2D eigenvalue weighted by Crippen LogP contribution is 2.41. The number of hydrogen-bond acceptors (Lipinski definition) is 6. The Morgan fingerprint density at radius 3 is 2.46 bits per heavy atom. The Morgan fingerprint density at radius 2 is 1.88 bits per heavy atom. The van der Waals surface area contributed by atoms with Crippen LogP contribution in [0.1, 0.15) is 0 Å². The van der Waals surface area contributed by atoms with Gasteiger partial charge >= 0.3 is 0 Å². The fourth-order valence-electron chi connectivity index (χ4n) is 1.89. The summed E-state index contributed by atoms with van der Waals surface area (Å²) in [5.74, 6) is -1.78. The molecular weight excluding hydrogens is 338 g/mol. The van der Waals surface area contributed by atoms with Gasteiger partial charge in [0, 0.05) is 11.1 Å². The zero-order valence-electron chi connectivity index (χ0n) is 12.0. The van der Waals surface area contributed by atoms with E-state index in [0.717, 1.165) is 6.07 Å². The molecule has 0 bridgehead atoms. The third-order valence-corrected chi connectivity index (χ3v) is 3.70. The van der Waals surface area contributed by atoms with Crippen LogP contribution in [0.4, 0.5) is 11.4 Å². The molecule has 2 rings (SSSR count). The highest BCUT2D eigenvalue weighted by Gasteiger charge is 2.22. The number of anilines is 1. The molecule has 0 aliphatic rings. The monoisotopic (exact) mass is 351 g/mol. The third-order valence-electron chi connectivity index (χ3n) is 2.83. The molecule has 11 nitrogen and oxygen atoms in total. The first kappa shape index (κ1) is 17.1. The maximum absolute atomic E-state index is 11.5. The number of guanidine groups is 2. The minimum Gasteiger partial charge on any atom is -0.505 e. The van der Waals surface area contributed by atoms with Crippen LogP contribution in [0.2, 0.25) is 0 Å². The average Bonchev–Trinajstić information content (AvgIpc) is 2.45. The van der Waals surface area contributed by atoms with E-state index in [2.05, 4.69) is 15.2 Å². The standard InChI is InChI=1S/C12H13N7O4S/c13-6-2-1-5-3-8(24(21,22)23)9(10(20)7(5)4-6)18-19-12(16)17-11(14)15/h1-4,20H,13H2,(H,21,22,23)(H5,14,15,16,17). The number of nitrogens with two attached hydrogens (primary N) is 3. The predicted octanol–water partition coefficient (Wildman–Crippen LogP) is 0.666. The van der Waals surface area contributed by atoms with Gasteiger partial charge in [0.1, 0.15) is 10.6 Å². The predicted molar refractivity (Wildman–Crippen MR) is 87.9 cm³/mol. The number of phenols is 1. The summed E-state index contributed by atoms with van der Waals surface area (Å²) in [4.78, 5) is 2.58. The molecule has 0 saturated carbocycles. The first-order valence-corrected chi connectivity index (χ1v) is 7.66. The lowest BCUT2D eigenvalue weighted by atomic mass is 10.1. The van der Waals surface area contributed by atoms with Crippen molar-refractivity contribution in [3.8, 4) is 5.75 Å². The summed E-state index contributed by atoms with van der Waals surface area (Å²) in [5, 5.41) is 24.8. The smallest absolute Gasteiger partial charge is 0.296 e. The molecule has 0 unspecified atom stereocenters. The fourth-order valence-corrected chi connectivity index (χ4v) is 2.55. The number of nitrogen functional groups attached to an aromatic ring is 1. The maximum atomic E-state index is 11.5. The first-order chi connectivity index (χ1) is 11.1. The number of fused-ring (bicyclic) bond motifs is 1. The Labute approximate surface area is 135 Å². The van der Waals surface area contributed by atoms with Gasteiger partial charge in [-0.15, -0.1) is 10.2 Å². The second kappa shape index (κ2) is 6.10. The Kier molecular flexibility index (Phi) is 4.35. The van der Waals surface area contributed by atoms with Gasteiger partial charge in [-0.1, -0.05) is 6.07 Å². The average molecular weight is 351 g/mol. The lowest BCUT2D eigenvalue weighted by Gasteiger charge is -2.09. The highest BCUT2D eigenvalue weighted by molar-refractivity contribution is 7.86. The molecule has 2 aromatic carbocycles. The van der Waals surface area contributed by atoms with E-state index < -0.39 is 38.4 Å². The van der Waals surface area contributed by atoms with Crippen molar-refractivity contribution < 1.29 is 18.1 Å². The van der Waals surface area contributed by atoms with Crippen molar-refractivity contribution in [2.45, 2.75) is 4.90 Å². The molecule has 0 amide bonds. The molecule has 0 fully saturated rings. The molecular formula is C12H13N7O4S. The van der Waals surface area contributed by atoms with Crippen LogP contribution in [0.25, 0.3) is 10.8 Å². The molecule has 0 radical (unpaired) electrons. The zero-order chi connectivity index (χ0) is 18.1. The summed E-state index contributed by atoms with van der Waals surface area (Å²) in [6, 6.07) is 5.42. The molecule has 0 aromatic heterocycles. The van der Waals surface area contributed by atoms with Crippen LogP contribution >= 0.6 is 0 Å². The maximum Gasteiger partial charge on any atom is 0.296 e. The third kappa shape index (κ3) is 3.56. The second-order valence-corrected chi connectivity index (χ2v) is 5.98. The Bertz CT molecular complexity index is 994. The summed E-state index contributed by atoms with van der Waals surface area (Å²) in [5.41, 5.74) is 15.5. The van der Waals surface area contributed by atoms with Crippen LogP contribution in [0.15, 0.2) is 44.4 Å². The molecule has 0 spiro atoms. The fraction of sp³-hybridized carbons (Fsp3) is 0. The SMILES string of the molecule is N=C(N=Nc1c(S(=O)(=O)O)cc2ccc(N)cc2c1O)N=C(N)N. The number of aliphatic imine (C=N–C) groups is 1. The zero-order valence-corrected chi connectivity index (χ0v) is 12.8. The normalized spacial score (nSPS) is 11.7. The molecule has 12 heteroatoms. The summed E-state index contributed by atoms with van der Waals surface area (Å²) in [6.45, 7) is 0. The molecule has 0 saturated heterocycles. The van der Waals surface area contributed by atoms with E-state index in [1.54, 1.807) is 0 Å². The molecule has 0 heterocycles. The Hall–Kier alpha value is -3.25. The molecule has 0 atom stereocenters. The number of phenolic OH excluding ortho intramolecular Hbond substituents is 1. The number of hydrogen-bond donors (Lipinski definition) is 6. The first-order valence-electron chi connectivity index (χ1n) is 6.22. The van der Waals surface area contributed by atoms with Crippen molar-refractivity contribution in [1.82, 2.24) is 0 Å². The molecule has 24 heavy (non-hydrogen) atoms. The number of rotatable bonds is 2. The quantitative estimate of drug-likeness (QED) is 0.149. The highest BCUT2D eigenvalue weighted by atomic mass is 32.2. The van der Waals surface area contributed by atoms with Crippen molar-refractivity contribution in [3.05, 3.63) is 24.3 Å². The number of azo groups is 1. The van der Waals surface area contributed by atoms with E-state index in [9.17, 15) is 18.1 Å². The van der Waals surface area contributed by atoms with E-state index in [1.807, 2.05) is 0 Å². The summed E-state index contributed by atoms with van der Waals surface area (Å²) < 4.78 is 32.4. The summed E-state index contributed by atoms with van der Waals surface area (Å²) in [6.07, 6.45) is 0. The minimum atomic E-state index is -4.73. The lowest BCUT2D eigenvalue weighted by molar-refractivity contribution is 0.472. The number of nitrogens with one attached hydrogen (secondary N) is 1. The number of nitrogens with zero attached hydrogens (tertiary/aromatic N) is 3. The molecule has 9 N–H and O–H groups in total. The van der Waals surface area contributed by atoms with Crippen LogP contribution in [0.5, 0.6) is 5.75 Å². The van der Waals surface area contributed by atoms with E-state index in [1.165, 1.54) is 18.2 Å². The van der Waals surface area contributed by atoms with Gasteiger partial charge in [-0.3, -0.25) is 9.96 Å². The van der Waals surface area contributed by atoms with Crippen LogP contribution in [-0.4, -0.2) is 30.0 Å².